The van der Waals surface area contributed by atoms with Gasteiger partial charge in [-0.2, -0.15) is 5.10 Å². The number of carbonyl (C=O) groups excluding carboxylic acids is 1. The second-order valence-corrected chi connectivity index (χ2v) is 4.55. The number of hydrogen-bond acceptors (Lipinski definition) is 3. The summed E-state index contributed by atoms with van der Waals surface area (Å²) in [6, 6.07) is 8.84. The number of hydrogen-bond donors (Lipinski definition) is 2. The number of aliphatic hydroxyl groups is 1. The zero-order chi connectivity index (χ0) is 14.0. The lowest BCUT2D eigenvalue weighted by molar-refractivity contribution is 0.101. The van der Waals surface area contributed by atoms with E-state index in [2.05, 4.69) is 10.4 Å². The van der Waals surface area contributed by atoms with E-state index in [-0.39, 0.29) is 5.91 Å². The Hall–Kier alpha value is -2.14. The van der Waals surface area contributed by atoms with Crippen molar-refractivity contribution in [3.8, 4) is 0 Å². The van der Waals surface area contributed by atoms with Crippen LogP contribution in [0.15, 0.2) is 30.3 Å². The van der Waals surface area contributed by atoms with Gasteiger partial charge in [-0.25, -0.2) is 0 Å². The monoisotopic (exact) mass is 259 g/mol. The Morgan fingerprint density at radius 2 is 2.00 bits per heavy atom. The molecule has 1 aromatic carbocycles. The van der Waals surface area contributed by atoms with Crippen LogP contribution in [0.4, 0.5) is 5.69 Å². The second kappa shape index (κ2) is 5.24. The molecule has 1 aromatic heterocycles. The lowest BCUT2D eigenvalue weighted by Crippen LogP contribution is -2.16. The molecule has 0 fully saturated rings. The Balaban J connectivity index is 2.13. The average molecular weight is 259 g/mol. The highest BCUT2D eigenvalue weighted by Crippen LogP contribution is 2.16. The summed E-state index contributed by atoms with van der Waals surface area (Å²) < 4.78 is 1.55. The van der Waals surface area contributed by atoms with Crippen LogP contribution in [-0.4, -0.2) is 20.8 Å². The summed E-state index contributed by atoms with van der Waals surface area (Å²) in [6.07, 6.45) is -0.510. The van der Waals surface area contributed by atoms with Crippen LogP contribution in [0.2, 0.25) is 0 Å². The van der Waals surface area contributed by atoms with Gasteiger partial charge in [-0.15, -0.1) is 0 Å². The Labute approximate surface area is 111 Å². The van der Waals surface area contributed by atoms with Crippen LogP contribution in [0.25, 0.3) is 0 Å². The summed E-state index contributed by atoms with van der Waals surface area (Å²) in [7, 11) is 1.73. The average Bonchev–Trinajstić information content (AvgIpc) is 2.69. The molecule has 1 atom stereocenters. The molecular formula is C14H17N3O2. The Morgan fingerprint density at radius 3 is 2.47 bits per heavy atom. The maximum absolute atomic E-state index is 12.0. The van der Waals surface area contributed by atoms with Crippen molar-refractivity contribution < 1.29 is 9.90 Å². The van der Waals surface area contributed by atoms with Crippen molar-refractivity contribution in [2.75, 3.05) is 5.32 Å². The third-order valence-electron chi connectivity index (χ3n) is 2.89. The molecule has 0 aliphatic heterocycles. The molecule has 0 spiro atoms. The molecule has 1 amide bonds. The zero-order valence-electron chi connectivity index (χ0n) is 11.2. The van der Waals surface area contributed by atoms with Crippen molar-refractivity contribution in [3.05, 3.63) is 47.3 Å². The fourth-order valence-electron chi connectivity index (χ4n) is 1.86. The first-order valence-electron chi connectivity index (χ1n) is 6.07. The molecule has 1 unspecified atom stereocenters. The first-order valence-corrected chi connectivity index (χ1v) is 6.07. The minimum atomic E-state index is -0.510. The van der Waals surface area contributed by atoms with E-state index < -0.39 is 6.10 Å². The molecule has 0 saturated heterocycles. The van der Waals surface area contributed by atoms with E-state index in [1.807, 2.05) is 6.92 Å². The van der Waals surface area contributed by atoms with E-state index in [1.165, 1.54) is 0 Å². The van der Waals surface area contributed by atoms with Crippen LogP contribution in [0.3, 0.4) is 0 Å². The summed E-state index contributed by atoms with van der Waals surface area (Å²) in [5, 5.41) is 16.3. The van der Waals surface area contributed by atoms with Crippen molar-refractivity contribution in [1.82, 2.24) is 9.78 Å². The first kappa shape index (κ1) is 13.3. The van der Waals surface area contributed by atoms with Crippen molar-refractivity contribution >= 4 is 11.6 Å². The molecule has 0 saturated carbocycles. The molecule has 100 valence electrons. The van der Waals surface area contributed by atoms with E-state index in [1.54, 1.807) is 49.0 Å². The SMILES string of the molecule is Cc1cc(C(=O)Nc2ccc(C(C)O)cc2)n(C)n1. The second-order valence-electron chi connectivity index (χ2n) is 4.55. The van der Waals surface area contributed by atoms with Crippen LogP contribution in [-0.2, 0) is 7.05 Å². The molecule has 5 heteroatoms. The molecule has 0 radical (unpaired) electrons. The van der Waals surface area contributed by atoms with Gasteiger partial charge in [0.2, 0.25) is 0 Å². The fraction of sp³-hybridized carbons (Fsp3) is 0.286. The minimum absolute atomic E-state index is 0.201. The largest absolute Gasteiger partial charge is 0.389 e. The Kier molecular flexibility index (Phi) is 3.66. The lowest BCUT2D eigenvalue weighted by Gasteiger charge is -2.08. The zero-order valence-corrected chi connectivity index (χ0v) is 11.2. The number of carbonyl (C=O) groups is 1. The van der Waals surface area contributed by atoms with Crippen LogP contribution < -0.4 is 5.32 Å². The molecule has 2 N–H and O–H groups in total. The van der Waals surface area contributed by atoms with E-state index in [0.29, 0.717) is 11.4 Å². The molecular weight excluding hydrogens is 242 g/mol. The number of nitrogens with one attached hydrogen (secondary N) is 1. The number of nitrogens with zero attached hydrogens (tertiary/aromatic N) is 2. The van der Waals surface area contributed by atoms with E-state index in [0.717, 1.165) is 11.3 Å². The van der Waals surface area contributed by atoms with Gasteiger partial charge in [-0.1, -0.05) is 12.1 Å². The summed E-state index contributed by atoms with van der Waals surface area (Å²) >= 11 is 0. The molecule has 0 aliphatic carbocycles. The normalized spacial score (nSPS) is 12.2. The van der Waals surface area contributed by atoms with Gasteiger partial charge in [-0.3, -0.25) is 9.48 Å². The highest BCUT2D eigenvalue weighted by Gasteiger charge is 2.12. The summed E-state index contributed by atoms with van der Waals surface area (Å²) in [6.45, 7) is 3.54. The van der Waals surface area contributed by atoms with E-state index >= 15 is 0 Å². The molecule has 2 aromatic rings. The van der Waals surface area contributed by atoms with Crippen molar-refractivity contribution in [2.24, 2.45) is 7.05 Å². The minimum Gasteiger partial charge on any atom is -0.389 e. The van der Waals surface area contributed by atoms with Gasteiger partial charge in [0.1, 0.15) is 5.69 Å². The van der Waals surface area contributed by atoms with Crippen LogP contribution in [0.5, 0.6) is 0 Å². The topological polar surface area (TPSA) is 67.2 Å². The van der Waals surface area contributed by atoms with Gasteiger partial charge >= 0.3 is 0 Å². The maximum Gasteiger partial charge on any atom is 0.273 e. The third kappa shape index (κ3) is 3.00. The Bertz CT molecular complexity index is 585. The number of aliphatic hydroxyl groups excluding tert-OH is 1. The van der Waals surface area contributed by atoms with Gasteiger partial charge in [0.25, 0.3) is 5.91 Å². The maximum atomic E-state index is 12.0. The standard InChI is InChI=1S/C14H17N3O2/c1-9-8-13(17(3)16-9)14(19)15-12-6-4-11(5-7-12)10(2)18/h4-8,10,18H,1-3H3,(H,15,19). The van der Waals surface area contributed by atoms with Gasteiger partial charge in [-0.05, 0) is 37.6 Å². The van der Waals surface area contributed by atoms with Crippen molar-refractivity contribution in [2.45, 2.75) is 20.0 Å². The number of anilines is 1. The number of rotatable bonds is 3. The number of aryl methyl sites for hydroxylation is 2. The first-order chi connectivity index (χ1) is 8.97. The smallest absolute Gasteiger partial charge is 0.273 e. The molecule has 5 nitrogen and oxygen atoms in total. The quantitative estimate of drug-likeness (QED) is 0.886. The van der Waals surface area contributed by atoms with E-state index in [4.69, 9.17) is 0 Å². The van der Waals surface area contributed by atoms with Gasteiger partial charge in [0.15, 0.2) is 0 Å². The number of aromatic nitrogens is 2. The Morgan fingerprint density at radius 1 is 1.37 bits per heavy atom. The van der Waals surface area contributed by atoms with Crippen LogP contribution >= 0.6 is 0 Å². The van der Waals surface area contributed by atoms with E-state index in [9.17, 15) is 9.90 Å². The van der Waals surface area contributed by atoms with Gasteiger partial charge in [0.05, 0.1) is 11.8 Å². The van der Waals surface area contributed by atoms with Gasteiger partial charge < -0.3 is 10.4 Å². The predicted octanol–water partition coefficient (Wildman–Crippen LogP) is 2.03. The molecule has 1 heterocycles. The highest BCUT2D eigenvalue weighted by molar-refractivity contribution is 6.03. The molecule has 2 rings (SSSR count). The fourth-order valence-corrected chi connectivity index (χ4v) is 1.86. The lowest BCUT2D eigenvalue weighted by atomic mass is 10.1. The molecule has 19 heavy (non-hydrogen) atoms. The summed E-state index contributed by atoms with van der Waals surface area (Å²) in [5.74, 6) is -0.201. The van der Waals surface area contributed by atoms with Gasteiger partial charge in [0, 0.05) is 12.7 Å². The number of benzene rings is 1. The molecule has 0 bridgehead atoms. The summed E-state index contributed by atoms with van der Waals surface area (Å²) in [4.78, 5) is 12.0. The van der Waals surface area contributed by atoms with Crippen LogP contribution in [0, 0.1) is 6.92 Å². The summed E-state index contributed by atoms with van der Waals surface area (Å²) in [5.41, 5.74) is 2.82. The van der Waals surface area contributed by atoms with Crippen molar-refractivity contribution in [3.63, 3.8) is 0 Å². The third-order valence-corrected chi connectivity index (χ3v) is 2.89. The van der Waals surface area contributed by atoms with Crippen molar-refractivity contribution in [1.29, 1.82) is 0 Å². The molecule has 0 aliphatic rings. The predicted molar refractivity (Wildman–Crippen MR) is 73.0 cm³/mol. The van der Waals surface area contributed by atoms with Crippen LogP contribution in [0.1, 0.15) is 34.8 Å². The number of amides is 1. The highest BCUT2D eigenvalue weighted by atomic mass is 16.3.